The predicted molar refractivity (Wildman–Crippen MR) is 54.4 cm³/mol. The SMILES string of the molecule is C=CC(=O)NC1C/C=C\CCCC1. The minimum Gasteiger partial charge on any atom is -0.350 e. The van der Waals surface area contributed by atoms with Crippen molar-refractivity contribution in [2.75, 3.05) is 0 Å². The standard InChI is InChI=1S/C11H17NO/c1-2-11(13)12-10-8-6-4-3-5-7-9-10/h2,4,6,10H,1,3,5,7-9H2,(H,12,13)/b6-4-. The number of rotatable bonds is 2. The van der Waals surface area contributed by atoms with Gasteiger partial charge < -0.3 is 5.32 Å². The van der Waals surface area contributed by atoms with Crippen molar-refractivity contribution in [1.29, 1.82) is 0 Å². The Morgan fingerprint density at radius 3 is 3.08 bits per heavy atom. The van der Waals surface area contributed by atoms with Crippen LogP contribution in [0.5, 0.6) is 0 Å². The molecule has 1 atom stereocenters. The molecule has 0 aromatic heterocycles. The zero-order valence-corrected chi connectivity index (χ0v) is 7.96. The van der Waals surface area contributed by atoms with Gasteiger partial charge in [-0.25, -0.2) is 0 Å². The lowest BCUT2D eigenvalue weighted by Gasteiger charge is -2.17. The molecule has 1 unspecified atom stereocenters. The van der Waals surface area contributed by atoms with Gasteiger partial charge in [-0.05, 0) is 31.8 Å². The van der Waals surface area contributed by atoms with Crippen LogP contribution in [-0.4, -0.2) is 11.9 Å². The van der Waals surface area contributed by atoms with Gasteiger partial charge in [-0.15, -0.1) is 0 Å². The molecule has 0 saturated heterocycles. The molecule has 0 spiro atoms. The summed E-state index contributed by atoms with van der Waals surface area (Å²) in [5.41, 5.74) is 0. The minimum absolute atomic E-state index is 0.0565. The highest BCUT2D eigenvalue weighted by Crippen LogP contribution is 2.11. The lowest BCUT2D eigenvalue weighted by Crippen LogP contribution is -2.33. The van der Waals surface area contributed by atoms with Crippen LogP contribution >= 0.6 is 0 Å². The number of hydrogen-bond donors (Lipinski definition) is 1. The van der Waals surface area contributed by atoms with Crippen molar-refractivity contribution in [2.24, 2.45) is 0 Å². The van der Waals surface area contributed by atoms with Crippen molar-refractivity contribution in [3.8, 4) is 0 Å². The second kappa shape index (κ2) is 5.57. The smallest absolute Gasteiger partial charge is 0.243 e. The number of carbonyl (C=O) groups is 1. The van der Waals surface area contributed by atoms with Gasteiger partial charge in [0.2, 0.25) is 5.91 Å². The first-order valence-electron chi connectivity index (χ1n) is 4.91. The molecule has 0 heterocycles. The van der Waals surface area contributed by atoms with Crippen molar-refractivity contribution in [3.63, 3.8) is 0 Å². The summed E-state index contributed by atoms with van der Waals surface area (Å²) in [6, 6.07) is 0.307. The predicted octanol–water partition coefficient (Wildman–Crippen LogP) is 2.18. The third kappa shape index (κ3) is 3.92. The first-order valence-corrected chi connectivity index (χ1v) is 4.91. The highest BCUT2D eigenvalue weighted by atomic mass is 16.1. The average Bonchev–Trinajstić information content (AvgIpc) is 2.09. The van der Waals surface area contributed by atoms with Crippen LogP contribution in [0, 0.1) is 0 Å². The Kier molecular flexibility index (Phi) is 4.30. The van der Waals surface area contributed by atoms with Gasteiger partial charge in [-0.2, -0.15) is 0 Å². The van der Waals surface area contributed by atoms with E-state index in [4.69, 9.17) is 0 Å². The van der Waals surface area contributed by atoms with Gasteiger partial charge in [0.1, 0.15) is 0 Å². The van der Waals surface area contributed by atoms with Crippen molar-refractivity contribution >= 4 is 5.91 Å². The van der Waals surface area contributed by atoms with Crippen molar-refractivity contribution in [2.45, 2.75) is 38.1 Å². The third-order valence-corrected chi connectivity index (χ3v) is 2.29. The van der Waals surface area contributed by atoms with E-state index in [0.29, 0.717) is 6.04 Å². The molecule has 72 valence electrons. The van der Waals surface area contributed by atoms with Crippen LogP contribution in [-0.2, 0) is 4.79 Å². The quantitative estimate of drug-likeness (QED) is 0.511. The molecular formula is C11H17NO. The summed E-state index contributed by atoms with van der Waals surface area (Å²) < 4.78 is 0. The van der Waals surface area contributed by atoms with Crippen LogP contribution < -0.4 is 5.32 Å². The van der Waals surface area contributed by atoms with E-state index in [1.54, 1.807) is 0 Å². The van der Waals surface area contributed by atoms with Gasteiger partial charge in [0.05, 0.1) is 0 Å². The van der Waals surface area contributed by atoms with Gasteiger partial charge >= 0.3 is 0 Å². The molecule has 0 aromatic carbocycles. The summed E-state index contributed by atoms with van der Waals surface area (Å²) >= 11 is 0. The van der Waals surface area contributed by atoms with Crippen molar-refractivity contribution in [1.82, 2.24) is 5.32 Å². The van der Waals surface area contributed by atoms with E-state index in [-0.39, 0.29) is 5.91 Å². The summed E-state index contributed by atoms with van der Waals surface area (Å²) in [5.74, 6) is -0.0565. The maximum Gasteiger partial charge on any atom is 0.243 e. The molecule has 1 aliphatic carbocycles. The topological polar surface area (TPSA) is 29.1 Å². The molecule has 0 radical (unpaired) electrons. The van der Waals surface area contributed by atoms with E-state index in [1.807, 2.05) is 0 Å². The Morgan fingerprint density at radius 2 is 2.31 bits per heavy atom. The molecule has 1 amide bonds. The van der Waals surface area contributed by atoms with Gasteiger partial charge in [0.25, 0.3) is 0 Å². The maximum atomic E-state index is 11.0. The fourth-order valence-electron chi connectivity index (χ4n) is 1.54. The number of amides is 1. The molecule has 1 rings (SSSR count). The lowest BCUT2D eigenvalue weighted by molar-refractivity contribution is -0.117. The minimum atomic E-state index is -0.0565. The van der Waals surface area contributed by atoms with E-state index in [2.05, 4.69) is 24.0 Å². The summed E-state index contributed by atoms with van der Waals surface area (Å²) in [6.07, 6.45) is 11.4. The Balaban J connectivity index is 2.38. The highest BCUT2D eigenvalue weighted by molar-refractivity contribution is 5.87. The fraction of sp³-hybridized carbons (Fsp3) is 0.545. The van der Waals surface area contributed by atoms with E-state index in [0.717, 1.165) is 12.8 Å². The molecule has 0 bridgehead atoms. The largest absolute Gasteiger partial charge is 0.350 e. The molecule has 0 saturated carbocycles. The first kappa shape index (κ1) is 10.0. The van der Waals surface area contributed by atoms with E-state index < -0.39 is 0 Å². The van der Waals surface area contributed by atoms with E-state index >= 15 is 0 Å². The Labute approximate surface area is 79.7 Å². The van der Waals surface area contributed by atoms with Crippen LogP contribution in [0.2, 0.25) is 0 Å². The summed E-state index contributed by atoms with van der Waals surface area (Å²) in [7, 11) is 0. The molecule has 2 heteroatoms. The molecule has 1 N–H and O–H groups in total. The van der Waals surface area contributed by atoms with Gasteiger partial charge in [-0.3, -0.25) is 4.79 Å². The number of hydrogen-bond acceptors (Lipinski definition) is 1. The van der Waals surface area contributed by atoms with Gasteiger partial charge in [-0.1, -0.05) is 25.2 Å². The van der Waals surface area contributed by atoms with Gasteiger partial charge in [0.15, 0.2) is 0 Å². The molecule has 2 nitrogen and oxygen atoms in total. The van der Waals surface area contributed by atoms with Crippen LogP contribution in [0.3, 0.4) is 0 Å². The molecule has 0 aromatic rings. The Bertz CT molecular complexity index is 208. The summed E-state index contributed by atoms with van der Waals surface area (Å²) in [4.78, 5) is 11.0. The summed E-state index contributed by atoms with van der Waals surface area (Å²) in [6.45, 7) is 3.44. The van der Waals surface area contributed by atoms with Crippen LogP contribution in [0.25, 0.3) is 0 Å². The Hall–Kier alpha value is -1.05. The van der Waals surface area contributed by atoms with Gasteiger partial charge in [0, 0.05) is 6.04 Å². The monoisotopic (exact) mass is 179 g/mol. The Morgan fingerprint density at radius 1 is 1.46 bits per heavy atom. The van der Waals surface area contributed by atoms with E-state index in [9.17, 15) is 4.79 Å². The lowest BCUT2D eigenvalue weighted by atomic mass is 10.0. The first-order chi connectivity index (χ1) is 6.33. The summed E-state index contributed by atoms with van der Waals surface area (Å²) in [5, 5.41) is 2.93. The van der Waals surface area contributed by atoms with Crippen molar-refractivity contribution in [3.05, 3.63) is 24.8 Å². The average molecular weight is 179 g/mol. The maximum absolute atomic E-state index is 11.0. The van der Waals surface area contributed by atoms with Crippen LogP contribution in [0.1, 0.15) is 32.1 Å². The third-order valence-electron chi connectivity index (χ3n) is 2.29. The molecular weight excluding hydrogens is 162 g/mol. The number of allylic oxidation sites excluding steroid dienone is 1. The zero-order valence-electron chi connectivity index (χ0n) is 7.96. The number of carbonyl (C=O) groups excluding carboxylic acids is 1. The van der Waals surface area contributed by atoms with Crippen LogP contribution in [0.15, 0.2) is 24.8 Å². The second-order valence-electron chi connectivity index (χ2n) is 3.40. The fourth-order valence-corrected chi connectivity index (χ4v) is 1.54. The molecule has 1 aliphatic rings. The molecule has 13 heavy (non-hydrogen) atoms. The number of nitrogens with one attached hydrogen (secondary N) is 1. The zero-order chi connectivity index (χ0) is 9.52. The van der Waals surface area contributed by atoms with Crippen molar-refractivity contribution < 1.29 is 4.79 Å². The van der Waals surface area contributed by atoms with E-state index in [1.165, 1.54) is 25.3 Å². The highest BCUT2D eigenvalue weighted by Gasteiger charge is 2.09. The second-order valence-corrected chi connectivity index (χ2v) is 3.40. The normalized spacial score (nSPS) is 25.4. The molecule has 0 aliphatic heterocycles. The van der Waals surface area contributed by atoms with Crippen LogP contribution in [0.4, 0.5) is 0 Å². The molecule has 0 fully saturated rings.